The molecule has 0 spiro atoms. The van der Waals surface area contributed by atoms with Crippen molar-refractivity contribution >= 4 is 11.9 Å². The summed E-state index contributed by atoms with van der Waals surface area (Å²) in [5, 5.41) is 23.0. The van der Waals surface area contributed by atoms with Gasteiger partial charge >= 0.3 is 11.9 Å². The normalized spacial score (nSPS) is 13.7. The molecule has 0 saturated heterocycles. The zero-order valence-corrected chi connectivity index (χ0v) is 18.8. The van der Waals surface area contributed by atoms with Gasteiger partial charge in [0.05, 0.1) is 23.5 Å². The molecule has 0 aromatic heterocycles. The van der Waals surface area contributed by atoms with E-state index in [1.165, 1.54) is 18.2 Å². The van der Waals surface area contributed by atoms with Crippen LogP contribution in [0.1, 0.15) is 67.1 Å². The second kappa shape index (κ2) is 9.24. The Morgan fingerprint density at radius 1 is 0.897 bits per heavy atom. The molecule has 1 rings (SSSR count). The number of β-amino-alcohol motifs (C(OH)–C–C–N with tert-alkyl or cyclic N) is 1. The molecule has 0 fully saturated rings. The third-order valence-electron chi connectivity index (χ3n) is 4.10. The van der Waals surface area contributed by atoms with Crippen molar-refractivity contribution in [3.8, 4) is 11.5 Å². The minimum atomic E-state index is -0.971. The zero-order valence-electron chi connectivity index (χ0n) is 18.8. The molecule has 0 aliphatic carbocycles. The molecule has 0 saturated carbocycles. The fourth-order valence-corrected chi connectivity index (χ4v) is 1.97. The predicted molar refractivity (Wildman–Crippen MR) is 111 cm³/mol. The van der Waals surface area contributed by atoms with Gasteiger partial charge in [-0.05, 0) is 73.1 Å². The smallest absolute Gasteiger partial charge is 0.316 e. The summed E-state index contributed by atoms with van der Waals surface area (Å²) in [4.78, 5) is 24.5. The van der Waals surface area contributed by atoms with Crippen LogP contribution in [0.4, 0.5) is 0 Å². The lowest BCUT2D eigenvalue weighted by molar-refractivity contribution is -0.143. The second-order valence-corrected chi connectivity index (χ2v) is 9.96. The van der Waals surface area contributed by atoms with E-state index in [4.69, 9.17) is 9.47 Å². The van der Waals surface area contributed by atoms with Crippen LogP contribution in [0.3, 0.4) is 0 Å². The van der Waals surface area contributed by atoms with Crippen LogP contribution in [-0.4, -0.2) is 40.8 Å². The zero-order chi connectivity index (χ0) is 22.6. The molecule has 0 bridgehead atoms. The standard InChI is InChI=1S/C22H35NO6/c1-20(2,3)18(26)28-15-9-14(17(25)12-23-22(7,8)13-24)10-16(11-15)29-19(27)21(4,5)6/h9-11,17,23-25H,12-13H2,1-8H3. The van der Waals surface area contributed by atoms with E-state index in [0.29, 0.717) is 5.56 Å². The summed E-state index contributed by atoms with van der Waals surface area (Å²) < 4.78 is 10.9. The van der Waals surface area contributed by atoms with Gasteiger partial charge < -0.3 is 25.0 Å². The SMILES string of the molecule is CC(C)(CO)NCC(O)c1cc(OC(=O)C(C)(C)C)cc(OC(=O)C(C)(C)C)c1. The van der Waals surface area contributed by atoms with Crippen molar-refractivity contribution in [2.24, 2.45) is 10.8 Å². The molecule has 1 aromatic rings. The minimum absolute atomic E-state index is 0.0998. The molecule has 7 nitrogen and oxygen atoms in total. The number of aliphatic hydroxyl groups excluding tert-OH is 2. The van der Waals surface area contributed by atoms with Crippen LogP contribution in [0.2, 0.25) is 0 Å². The van der Waals surface area contributed by atoms with E-state index in [-0.39, 0.29) is 24.7 Å². The maximum absolute atomic E-state index is 12.3. The van der Waals surface area contributed by atoms with E-state index in [9.17, 15) is 19.8 Å². The van der Waals surface area contributed by atoms with Crippen molar-refractivity contribution in [1.82, 2.24) is 5.32 Å². The number of carbonyl (C=O) groups is 2. The van der Waals surface area contributed by atoms with E-state index in [2.05, 4.69) is 5.32 Å². The number of nitrogens with one attached hydrogen (secondary N) is 1. The molecule has 0 aliphatic rings. The van der Waals surface area contributed by atoms with Crippen LogP contribution >= 0.6 is 0 Å². The van der Waals surface area contributed by atoms with Crippen molar-refractivity contribution in [2.75, 3.05) is 13.2 Å². The van der Waals surface area contributed by atoms with Gasteiger partial charge in [-0.1, -0.05) is 0 Å². The van der Waals surface area contributed by atoms with Gasteiger partial charge in [0.2, 0.25) is 0 Å². The van der Waals surface area contributed by atoms with Crippen molar-refractivity contribution in [3.05, 3.63) is 23.8 Å². The highest BCUT2D eigenvalue weighted by molar-refractivity contribution is 5.79. The summed E-state index contributed by atoms with van der Waals surface area (Å²) in [5.74, 6) is -0.534. The Bertz CT molecular complexity index is 682. The maximum Gasteiger partial charge on any atom is 0.316 e. The summed E-state index contributed by atoms with van der Waals surface area (Å²) in [6.07, 6.45) is -0.971. The van der Waals surface area contributed by atoms with Gasteiger partial charge in [-0.15, -0.1) is 0 Å². The van der Waals surface area contributed by atoms with E-state index in [1.807, 2.05) is 0 Å². The maximum atomic E-state index is 12.3. The number of benzene rings is 1. The van der Waals surface area contributed by atoms with Crippen LogP contribution in [0.5, 0.6) is 11.5 Å². The van der Waals surface area contributed by atoms with E-state index < -0.39 is 34.4 Å². The monoisotopic (exact) mass is 409 g/mol. The van der Waals surface area contributed by atoms with Gasteiger partial charge in [-0.25, -0.2) is 0 Å². The summed E-state index contributed by atoms with van der Waals surface area (Å²) in [7, 11) is 0. The predicted octanol–water partition coefficient (Wildman–Crippen LogP) is 2.98. The molecule has 29 heavy (non-hydrogen) atoms. The number of esters is 2. The molecule has 0 heterocycles. The molecule has 0 radical (unpaired) electrons. The van der Waals surface area contributed by atoms with Gasteiger partial charge in [0.1, 0.15) is 11.5 Å². The molecule has 1 aromatic carbocycles. The fourth-order valence-electron chi connectivity index (χ4n) is 1.97. The Morgan fingerprint density at radius 2 is 1.31 bits per heavy atom. The Kier molecular flexibility index (Phi) is 7.99. The summed E-state index contributed by atoms with van der Waals surface area (Å²) in [5.41, 5.74) is -1.59. The van der Waals surface area contributed by atoms with E-state index in [0.717, 1.165) is 0 Å². The average Bonchev–Trinajstić information content (AvgIpc) is 2.57. The van der Waals surface area contributed by atoms with Crippen LogP contribution in [-0.2, 0) is 9.59 Å². The quantitative estimate of drug-likeness (QED) is 0.470. The summed E-state index contributed by atoms with van der Waals surface area (Å²) in [6, 6.07) is 4.53. The molecule has 1 atom stereocenters. The molecule has 164 valence electrons. The number of hydrogen-bond acceptors (Lipinski definition) is 7. The Balaban J connectivity index is 3.19. The highest BCUT2D eigenvalue weighted by atomic mass is 16.5. The molecule has 1 unspecified atom stereocenters. The number of hydrogen-bond donors (Lipinski definition) is 3. The van der Waals surface area contributed by atoms with Gasteiger partial charge in [0.15, 0.2) is 0 Å². The summed E-state index contributed by atoms with van der Waals surface area (Å²) in [6.45, 7) is 14.0. The number of rotatable bonds is 7. The molecule has 0 aliphatic heterocycles. The Morgan fingerprint density at radius 3 is 1.66 bits per heavy atom. The molecule has 3 N–H and O–H groups in total. The number of carbonyl (C=O) groups excluding carboxylic acids is 2. The number of aliphatic hydroxyl groups is 2. The number of ether oxygens (including phenoxy) is 2. The first kappa shape index (κ1) is 25.1. The third kappa shape index (κ3) is 8.12. The second-order valence-electron chi connectivity index (χ2n) is 9.96. The molecular weight excluding hydrogens is 374 g/mol. The van der Waals surface area contributed by atoms with Crippen molar-refractivity contribution in [3.63, 3.8) is 0 Å². The minimum Gasteiger partial charge on any atom is -0.426 e. The van der Waals surface area contributed by atoms with Crippen LogP contribution in [0, 0.1) is 10.8 Å². The lowest BCUT2D eigenvalue weighted by Gasteiger charge is -2.26. The van der Waals surface area contributed by atoms with Gasteiger partial charge in [0.25, 0.3) is 0 Å². The van der Waals surface area contributed by atoms with Crippen LogP contribution < -0.4 is 14.8 Å². The molecular formula is C22H35NO6. The van der Waals surface area contributed by atoms with Gasteiger partial charge in [-0.2, -0.15) is 0 Å². The fraction of sp³-hybridized carbons (Fsp3) is 0.636. The van der Waals surface area contributed by atoms with Crippen molar-refractivity contribution in [2.45, 2.75) is 67.0 Å². The first-order valence-corrected chi connectivity index (χ1v) is 9.69. The highest BCUT2D eigenvalue weighted by Crippen LogP contribution is 2.30. The van der Waals surface area contributed by atoms with Crippen molar-refractivity contribution < 1.29 is 29.3 Å². The van der Waals surface area contributed by atoms with Crippen molar-refractivity contribution in [1.29, 1.82) is 0 Å². The molecule has 0 amide bonds. The van der Waals surface area contributed by atoms with E-state index >= 15 is 0 Å². The topological polar surface area (TPSA) is 105 Å². The highest BCUT2D eigenvalue weighted by Gasteiger charge is 2.27. The Hall–Kier alpha value is -1.96. The largest absolute Gasteiger partial charge is 0.426 e. The van der Waals surface area contributed by atoms with Crippen LogP contribution in [0.15, 0.2) is 18.2 Å². The first-order valence-electron chi connectivity index (χ1n) is 9.69. The average molecular weight is 410 g/mol. The Labute approximate surface area is 173 Å². The third-order valence-corrected chi connectivity index (χ3v) is 4.10. The van der Waals surface area contributed by atoms with E-state index in [1.54, 1.807) is 55.4 Å². The van der Waals surface area contributed by atoms with Crippen LogP contribution in [0.25, 0.3) is 0 Å². The molecule has 7 heteroatoms. The summed E-state index contributed by atoms with van der Waals surface area (Å²) >= 11 is 0. The lowest BCUT2D eigenvalue weighted by atomic mass is 9.97. The van der Waals surface area contributed by atoms with Gasteiger partial charge in [-0.3, -0.25) is 9.59 Å². The lowest BCUT2D eigenvalue weighted by Crippen LogP contribution is -2.44. The first-order chi connectivity index (χ1) is 13.0. The van der Waals surface area contributed by atoms with Gasteiger partial charge in [0, 0.05) is 18.2 Å².